The van der Waals surface area contributed by atoms with Crippen LogP contribution >= 0.6 is 15.9 Å². The first-order valence-electron chi connectivity index (χ1n) is 11.2. The van der Waals surface area contributed by atoms with Crippen LogP contribution in [-0.2, 0) is 17.6 Å². The van der Waals surface area contributed by atoms with Crippen molar-refractivity contribution in [3.63, 3.8) is 0 Å². The van der Waals surface area contributed by atoms with E-state index in [4.69, 9.17) is 4.74 Å². The molecule has 4 rings (SSSR count). The molecule has 3 nitrogen and oxygen atoms in total. The Hall–Kier alpha value is -2.05. The molecule has 0 saturated carbocycles. The zero-order valence-corrected chi connectivity index (χ0v) is 19.9. The number of hydrogen-bond donors (Lipinski definition) is 0. The number of methoxy groups -OCH3 is 1. The van der Waals surface area contributed by atoms with Crippen molar-refractivity contribution in [2.24, 2.45) is 5.92 Å². The van der Waals surface area contributed by atoms with Crippen LogP contribution < -0.4 is 0 Å². The second-order valence-electron chi connectivity index (χ2n) is 8.65. The largest absolute Gasteiger partial charge is 0.465 e. The highest BCUT2D eigenvalue weighted by atomic mass is 79.9. The minimum atomic E-state index is -0.650. The predicted molar refractivity (Wildman–Crippen MR) is 126 cm³/mol. The van der Waals surface area contributed by atoms with E-state index in [1.165, 1.54) is 18.7 Å². The number of halogens is 3. The summed E-state index contributed by atoms with van der Waals surface area (Å²) in [5, 5.41) is 0. The lowest BCUT2D eigenvalue weighted by atomic mass is 9.89. The van der Waals surface area contributed by atoms with Crippen LogP contribution in [0.15, 0.2) is 40.9 Å². The van der Waals surface area contributed by atoms with Gasteiger partial charge in [0.05, 0.1) is 19.3 Å². The zero-order chi connectivity index (χ0) is 22.7. The first-order chi connectivity index (χ1) is 15.5. The van der Waals surface area contributed by atoms with E-state index in [1.807, 2.05) is 6.07 Å². The van der Waals surface area contributed by atoms with Gasteiger partial charge >= 0.3 is 5.97 Å². The maximum absolute atomic E-state index is 15.2. The van der Waals surface area contributed by atoms with Gasteiger partial charge in [-0.05, 0) is 71.9 Å². The van der Waals surface area contributed by atoms with Gasteiger partial charge in [-0.3, -0.25) is 4.39 Å². The maximum Gasteiger partial charge on any atom is 0.340 e. The lowest BCUT2D eigenvalue weighted by Crippen LogP contribution is -2.47. The molecule has 1 fully saturated rings. The summed E-state index contributed by atoms with van der Waals surface area (Å²) in [6.45, 7) is 2.67. The van der Waals surface area contributed by atoms with E-state index in [-0.39, 0.29) is 12.2 Å². The van der Waals surface area contributed by atoms with Crippen LogP contribution in [0.1, 0.15) is 51.9 Å². The van der Waals surface area contributed by atoms with Gasteiger partial charge in [-0.15, -0.1) is 0 Å². The SMILES string of the molecule is COC(=O)c1ccc2c(c1F)CCCC(Br)=C2c1ccc(CC2CN(CCCF)C2)cc1. The molecule has 1 aliphatic carbocycles. The van der Waals surface area contributed by atoms with Gasteiger partial charge in [-0.1, -0.05) is 46.3 Å². The summed E-state index contributed by atoms with van der Waals surface area (Å²) in [7, 11) is 1.27. The fourth-order valence-electron chi connectivity index (χ4n) is 4.78. The molecular formula is C26H28BrF2NO2. The summed E-state index contributed by atoms with van der Waals surface area (Å²) in [5.41, 5.74) is 4.69. The van der Waals surface area contributed by atoms with Crippen LogP contribution in [0.4, 0.5) is 8.78 Å². The minimum absolute atomic E-state index is 0.0139. The monoisotopic (exact) mass is 503 g/mol. The molecule has 32 heavy (non-hydrogen) atoms. The number of alkyl halides is 1. The molecule has 1 saturated heterocycles. The fourth-order valence-corrected chi connectivity index (χ4v) is 5.51. The molecule has 0 atom stereocenters. The summed E-state index contributed by atoms with van der Waals surface area (Å²) >= 11 is 3.74. The Labute approximate surface area is 196 Å². The Morgan fingerprint density at radius 1 is 1.16 bits per heavy atom. The number of benzene rings is 2. The number of nitrogens with zero attached hydrogens (tertiary/aromatic N) is 1. The molecule has 2 aromatic carbocycles. The summed E-state index contributed by atoms with van der Waals surface area (Å²) < 4.78 is 33.3. The Balaban J connectivity index is 1.55. The standard InChI is InChI=1S/C26H28BrF2NO2/c1-32-26(31)22-11-10-20-21(25(22)29)4-2-5-23(27)24(20)19-8-6-17(7-9-19)14-18-15-30(16-18)13-3-12-28/h6-11,18H,2-5,12-16H2,1H3. The molecule has 0 unspecified atom stereocenters. The molecule has 1 aliphatic heterocycles. The van der Waals surface area contributed by atoms with E-state index in [0.717, 1.165) is 60.1 Å². The Bertz CT molecular complexity index is 1010. The zero-order valence-electron chi connectivity index (χ0n) is 18.3. The van der Waals surface area contributed by atoms with Gasteiger partial charge < -0.3 is 9.64 Å². The summed E-state index contributed by atoms with van der Waals surface area (Å²) in [6.07, 6.45) is 3.82. The molecule has 1 heterocycles. The van der Waals surface area contributed by atoms with E-state index < -0.39 is 11.8 Å². The summed E-state index contributed by atoms with van der Waals surface area (Å²) in [6, 6.07) is 11.9. The topological polar surface area (TPSA) is 29.5 Å². The molecule has 0 bridgehead atoms. The molecule has 2 aliphatic rings. The highest BCUT2D eigenvalue weighted by Crippen LogP contribution is 2.39. The van der Waals surface area contributed by atoms with Crippen LogP contribution in [0.3, 0.4) is 0 Å². The molecule has 170 valence electrons. The van der Waals surface area contributed by atoms with Crippen molar-refractivity contribution in [1.82, 2.24) is 4.90 Å². The third-order valence-corrected chi connectivity index (χ3v) is 7.21. The van der Waals surface area contributed by atoms with E-state index in [0.29, 0.717) is 24.3 Å². The summed E-state index contributed by atoms with van der Waals surface area (Å²) in [5.74, 6) is -0.508. The van der Waals surface area contributed by atoms with Gasteiger partial charge in [0, 0.05) is 24.1 Å². The third-order valence-electron chi connectivity index (χ3n) is 6.42. The smallest absolute Gasteiger partial charge is 0.340 e. The van der Waals surface area contributed by atoms with Gasteiger partial charge in [0.1, 0.15) is 5.82 Å². The van der Waals surface area contributed by atoms with Gasteiger partial charge in [0.15, 0.2) is 0 Å². The van der Waals surface area contributed by atoms with E-state index in [2.05, 4.69) is 45.1 Å². The second kappa shape index (κ2) is 10.3. The van der Waals surface area contributed by atoms with Crippen molar-refractivity contribution in [2.45, 2.75) is 32.1 Å². The molecule has 0 aromatic heterocycles. The number of likely N-dealkylation sites (tertiary alicyclic amines) is 1. The molecule has 0 N–H and O–H groups in total. The molecule has 2 aromatic rings. The van der Waals surface area contributed by atoms with E-state index >= 15 is 4.39 Å². The van der Waals surface area contributed by atoms with Crippen LogP contribution in [0.25, 0.3) is 5.57 Å². The molecule has 6 heteroatoms. The second-order valence-corrected chi connectivity index (χ2v) is 9.60. The van der Waals surface area contributed by atoms with E-state index in [9.17, 15) is 9.18 Å². The van der Waals surface area contributed by atoms with Crippen LogP contribution in [-0.4, -0.2) is 44.3 Å². The van der Waals surface area contributed by atoms with Crippen molar-refractivity contribution < 1.29 is 18.3 Å². The molecule has 0 amide bonds. The Kier molecular flexibility index (Phi) is 7.41. The molecule has 0 radical (unpaired) electrons. The lowest BCUT2D eigenvalue weighted by Gasteiger charge is -2.39. The highest BCUT2D eigenvalue weighted by Gasteiger charge is 2.27. The number of ether oxygens (including phenoxy) is 1. The van der Waals surface area contributed by atoms with Gasteiger partial charge in [0.2, 0.25) is 0 Å². The van der Waals surface area contributed by atoms with Crippen molar-refractivity contribution in [2.75, 3.05) is 33.4 Å². The van der Waals surface area contributed by atoms with Crippen molar-refractivity contribution >= 4 is 27.5 Å². The average molecular weight is 504 g/mol. The van der Waals surface area contributed by atoms with Crippen molar-refractivity contribution in [1.29, 1.82) is 0 Å². The van der Waals surface area contributed by atoms with E-state index in [1.54, 1.807) is 0 Å². The lowest BCUT2D eigenvalue weighted by molar-refractivity contribution is 0.0595. The van der Waals surface area contributed by atoms with Gasteiger partial charge in [-0.2, -0.15) is 0 Å². The summed E-state index contributed by atoms with van der Waals surface area (Å²) in [4.78, 5) is 14.3. The number of esters is 1. The predicted octanol–water partition coefficient (Wildman–Crippen LogP) is 5.94. The van der Waals surface area contributed by atoms with Crippen molar-refractivity contribution in [3.8, 4) is 0 Å². The number of carbonyl (C=O) groups is 1. The van der Waals surface area contributed by atoms with Gasteiger partial charge in [-0.25, -0.2) is 9.18 Å². The minimum Gasteiger partial charge on any atom is -0.465 e. The number of fused-ring (bicyclic) bond motifs is 1. The van der Waals surface area contributed by atoms with Crippen LogP contribution in [0.2, 0.25) is 0 Å². The highest BCUT2D eigenvalue weighted by molar-refractivity contribution is 9.11. The Morgan fingerprint density at radius 3 is 2.59 bits per heavy atom. The number of rotatable bonds is 7. The number of allylic oxidation sites excluding steroid dienone is 1. The maximum atomic E-state index is 15.2. The Morgan fingerprint density at radius 2 is 1.91 bits per heavy atom. The fraction of sp³-hybridized carbons (Fsp3) is 0.423. The first-order valence-corrected chi connectivity index (χ1v) is 12.0. The normalized spacial score (nSPS) is 17.0. The van der Waals surface area contributed by atoms with Gasteiger partial charge in [0.25, 0.3) is 0 Å². The third kappa shape index (κ3) is 4.81. The molecular weight excluding hydrogens is 476 g/mol. The van der Waals surface area contributed by atoms with Crippen LogP contribution in [0, 0.1) is 11.7 Å². The number of hydrogen-bond acceptors (Lipinski definition) is 3. The first kappa shape index (κ1) is 23.1. The quantitative estimate of drug-likeness (QED) is 0.438. The number of carbonyl (C=O) groups excluding carboxylic acids is 1. The van der Waals surface area contributed by atoms with Crippen LogP contribution in [0.5, 0.6) is 0 Å². The molecule has 0 spiro atoms. The van der Waals surface area contributed by atoms with Crippen molar-refractivity contribution in [3.05, 3.63) is 74.5 Å². The average Bonchev–Trinajstić information content (AvgIpc) is 2.94.